The van der Waals surface area contributed by atoms with Crippen molar-refractivity contribution in [2.24, 2.45) is 0 Å². The number of alkyl halides is 4. The Balaban J connectivity index is 3.46. The van der Waals surface area contributed by atoms with E-state index >= 15 is 0 Å². The van der Waals surface area contributed by atoms with E-state index in [1.54, 1.807) is 0 Å². The Hall–Kier alpha value is -0.280. The molecule has 62 valence electrons. The molecule has 4 heteroatoms. The molecule has 0 amide bonds. The molecule has 0 radical (unpaired) electrons. The smallest absolute Gasteiger partial charge is 0.247 e. The molecular formula is C6H10F4. The van der Waals surface area contributed by atoms with Gasteiger partial charge in [0.25, 0.3) is 6.43 Å². The maximum absolute atomic E-state index is 12.2. The molecule has 0 aliphatic heterocycles. The lowest BCUT2D eigenvalue weighted by Gasteiger charge is -2.08. The molecule has 0 N–H and O–H groups in total. The van der Waals surface area contributed by atoms with Gasteiger partial charge in [-0.25, -0.2) is 17.6 Å². The Morgan fingerprint density at radius 2 is 1.60 bits per heavy atom. The zero-order valence-electron chi connectivity index (χ0n) is 5.66. The van der Waals surface area contributed by atoms with Crippen LogP contribution in [0, 0.1) is 0 Å². The Morgan fingerprint density at radius 1 is 1.10 bits per heavy atom. The van der Waals surface area contributed by atoms with Gasteiger partial charge < -0.3 is 0 Å². The third kappa shape index (κ3) is 3.69. The Bertz CT molecular complexity index is 83.8. The molecule has 0 fully saturated rings. The van der Waals surface area contributed by atoms with E-state index in [9.17, 15) is 17.6 Å². The molecule has 0 aromatic carbocycles. The highest BCUT2D eigenvalue weighted by Gasteiger charge is 2.22. The van der Waals surface area contributed by atoms with Gasteiger partial charge in [0.05, 0.1) is 0 Å². The van der Waals surface area contributed by atoms with E-state index in [0.717, 1.165) is 0 Å². The molecule has 2 atom stereocenters. The number of hydrogen-bond acceptors (Lipinski definition) is 0. The molecule has 0 aliphatic carbocycles. The zero-order valence-corrected chi connectivity index (χ0v) is 5.66. The topological polar surface area (TPSA) is 0 Å². The minimum Gasteiger partial charge on any atom is -0.247 e. The monoisotopic (exact) mass is 158 g/mol. The van der Waals surface area contributed by atoms with E-state index in [1.807, 2.05) is 0 Å². The molecule has 0 nitrogen and oxygen atoms in total. The van der Waals surface area contributed by atoms with Crippen molar-refractivity contribution in [3.8, 4) is 0 Å². The molecule has 0 heterocycles. The number of hydrogen-bond donors (Lipinski definition) is 0. The highest BCUT2D eigenvalue weighted by Crippen LogP contribution is 2.15. The van der Waals surface area contributed by atoms with E-state index in [4.69, 9.17) is 0 Å². The van der Waals surface area contributed by atoms with Crippen molar-refractivity contribution < 1.29 is 17.6 Å². The summed E-state index contributed by atoms with van der Waals surface area (Å²) in [6.45, 7) is 1.49. The molecule has 0 spiro atoms. The van der Waals surface area contributed by atoms with Crippen LogP contribution in [0.25, 0.3) is 0 Å². The van der Waals surface area contributed by atoms with Crippen LogP contribution in [0.1, 0.15) is 19.8 Å². The van der Waals surface area contributed by atoms with Gasteiger partial charge in [-0.2, -0.15) is 0 Å². The first-order chi connectivity index (χ1) is 4.57. The SMILES string of the molecule is CCC(F)C[C@H](F)C(F)F. The lowest BCUT2D eigenvalue weighted by atomic mass is 10.1. The first kappa shape index (κ1) is 9.72. The van der Waals surface area contributed by atoms with Crippen LogP contribution in [0.5, 0.6) is 0 Å². The minimum atomic E-state index is -3.05. The lowest BCUT2D eigenvalue weighted by molar-refractivity contribution is 0.0311. The second kappa shape index (κ2) is 4.52. The van der Waals surface area contributed by atoms with Crippen LogP contribution in [0.4, 0.5) is 17.6 Å². The van der Waals surface area contributed by atoms with Gasteiger partial charge in [-0.05, 0) is 6.42 Å². The Morgan fingerprint density at radius 3 is 1.90 bits per heavy atom. The molecular weight excluding hydrogens is 148 g/mol. The molecule has 10 heavy (non-hydrogen) atoms. The van der Waals surface area contributed by atoms with Crippen molar-refractivity contribution >= 4 is 0 Å². The summed E-state index contributed by atoms with van der Waals surface area (Å²) in [7, 11) is 0. The normalized spacial score (nSPS) is 17.4. The van der Waals surface area contributed by atoms with E-state index in [-0.39, 0.29) is 6.42 Å². The highest BCUT2D eigenvalue weighted by atomic mass is 19.3. The Kier molecular flexibility index (Phi) is 4.40. The van der Waals surface area contributed by atoms with Gasteiger partial charge in [-0.1, -0.05) is 6.92 Å². The molecule has 0 aliphatic rings. The number of halogens is 4. The minimum absolute atomic E-state index is 0.0904. The summed E-state index contributed by atoms with van der Waals surface area (Å²) in [4.78, 5) is 0. The van der Waals surface area contributed by atoms with E-state index in [0.29, 0.717) is 0 Å². The molecule has 0 aromatic rings. The summed E-state index contributed by atoms with van der Waals surface area (Å²) in [5, 5.41) is 0. The summed E-state index contributed by atoms with van der Waals surface area (Å²) >= 11 is 0. The van der Waals surface area contributed by atoms with Crippen LogP contribution >= 0.6 is 0 Å². The Labute approximate surface area is 57.2 Å². The average Bonchev–Trinajstić information content (AvgIpc) is 1.87. The lowest BCUT2D eigenvalue weighted by Crippen LogP contribution is -2.17. The van der Waals surface area contributed by atoms with Crippen molar-refractivity contribution in [1.82, 2.24) is 0 Å². The van der Waals surface area contributed by atoms with E-state index in [2.05, 4.69) is 0 Å². The first-order valence-corrected chi connectivity index (χ1v) is 3.14. The summed E-state index contributed by atoms with van der Waals surface area (Å²) in [6, 6.07) is 0. The first-order valence-electron chi connectivity index (χ1n) is 3.14. The van der Waals surface area contributed by atoms with Gasteiger partial charge in [-0.15, -0.1) is 0 Å². The van der Waals surface area contributed by atoms with Crippen LogP contribution < -0.4 is 0 Å². The molecule has 0 saturated heterocycles. The van der Waals surface area contributed by atoms with Crippen molar-refractivity contribution in [2.75, 3.05) is 0 Å². The summed E-state index contributed by atoms with van der Waals surface area (Å²) in [5.41, 5.74) is 0. The number of rotatable bonds is 4. The molecule has 1 unspecified atom stereocenters. The zero-order chi connectivity index (χ0) is 8.15. The van der Waals surface area contributed by atoms with Gasteiger partial charge >= 0.3 is 0 Å². The summed E-state index contributed by atoms with van der Waals surface area (Å²) < 4.78 is 46.9. The van der Waals surface area contributed by atoms with Crippen LogP contribution in [0.2, 0.25) is 0 Å². The standard InChI is InChI=1S/C6H10F4/c1-2-4(7)3-5(8)6(9)10/h4-6H,2-3H2,1H3/t4?,5-/m0/s1. The summed E-state index contributed by atoms with van der Waals surface area (Å²) in [6.07, 6.45) is -7.40. The fourth-order valence-corrected chi connectivity index (χ4v) is 0.514. The maximum Gasteiger partial charge on any atom is 0.269 e. The molecule has 0 rings (SSSR count). The van der Waals surface area contributed by atoms with Gasteiger partial charge in [0.1, 0.15) is 6.17 Å². The second-order valence-corrected chi connectivity index (χ2v) is 2.09. The third-order valence-electron chi connectivity index (χ3n) is 1.20. The molecule has 0 bridgehead atoms. The van der Waals surface area contributed by atoms with Gasteiger partial charge in [0.2, 0.25) is 0 Å². The van der Waals surface area contributed by atoms with Crippen molar-refractivity contribution in [3.63, 3.8) is 0 Å². The van der Waals surface area contributed by atoms with Crippen molar-refractivity contribution in [2.45, 2.75) is 38.5 Å². The van der Waals surface area contributed by atoms with Crippen LogP contribution in [-0.2, 0) is 0 Å². The largest absolute Gasteiger partial charge is 0.269 e. The summed E-state index contributed by atoms with van der Waals surface area (Å²) in [5.74, 6) is 0. The maximum atomic E-state index is 12.2. The fourth-order valence-electron chi connectivity index (χ4n) is 0.514. The van der Waals surface area contributed by atoms with Crippen molar-refractivity contribution in [3.05, 3.63) is 0 Å². The van der Waals surface area contributed by atoms with Gasteiger partial charge in [-0.3, -0.25) is 0 Å². The van der Waals surface area contributed by atoms with E-state index in [1.165, 1.54) is 6.92 Å². The molecule has 0 saturated carbocycles. The fraction of sp³-hybridized carbons (Fsp3) is 1.00. The van der Waals surface area contributed by atoms with Crippen LogP contribution in [0.3, 0.4) is 0 Å². The third-order valence-corrected chi connectivity index (χ3v) is 1.20. The van der Waals surface area contributed by atoms with Crippen molar-refractivity contribution in [1.29, 1.82) is 0 Å². The highest BCUT2D eigenvalue weighted by molar-refractivity contribution is 4.64. The van der Waals surface area contributed by atoms with Gasteiger partial charge in [0, 0.05) is 6.42 Å². The average molecular weight is 158 g/mol. The van der Waals surface area contributed by atoms with Gasteiger partial charge in [0.15, 0.2) is 6.17 Å². The predicted octanol–water partition coefficient (Wildman–Crippen LogP) is 2.73. The van der Waals surface area contributed by atoms with Crippen LogP contribution in [-0.4, -0.2) is 18.8 Å². The van der Waals surface area contributed by atoms with Crippen LogP contribution in [0.15, 0.2) is 0 Å². The predicted molar refractivity (Wildman–Crippen MR) is 30.7 cm³/mol. The van der Waals surface area contributed by atoms with E-state index < -0.39 is 25.2 Å². The quantitative estimate of drug-likeness (QED) is 0.552. The second-order valence-electron chi connectivity index (χ2n) is 2.09. The molecule has 0 aromatic heterocycles.